The highest BCUT2D eigenvalue weighted by atomic mass is 32.2. The van der Waals surface area contributed by atoms with Crippen molar-refractivity contribution in [2.75, 3.05) is 0 Å². The first-order valence-corrected chi connectivity index (χ1v) is 9.64. The number of hydrogen-bond donors (Lipinski definition) is 1. The number of carboxylic acids is 1. The molecule has 0 aliphatic heterocycles. The molecule has 156 valence electrons. The van der Waals surface area contributed by atoms with Crippen LogP contribution in [0.5, 0.6) is 5.75 Å². The first-order chi connectivity index (χ1) is 14.0. The van der Waals surface area contributed by atoms with Crippen LogP contribution in [0.25, 0.3) is 22.3 Å². The van der Waals surface area contributed by atoms with Crippen molar-refractivity contribution in [1.29, 1.82) is 0 Å². The van der Waals surface area contributed by atoms with Crippen LogP contribution in [-0.2, 0) is 10.1 Å². The van der Waals surface area contributed by atoms with Gasteiger partial charge in [0.15, 0.2) is 5.75 Å². The number of benzene rings is 3. The number of alkyl halides is 3. The van der Waals surface area contributed by atoms with Gasteiger partial charge >= 0.3 is 21.6 Å². The smallest absolute Gasteiger partial charge is 0.478 e. The Morgan fingerprint density at radius 1 is 0.867 bits per heavy atom. The van der Waals surface area contributed by atoms with Gasteiger partial charge in [0.2, 0.25) is 0 Å². The van der Waals surface area contributed by atoms with Crippen molar-refractivity contribution < 1.29 is 40.1 Å². The minimum absolute atomic E-state index is 0.140. The van der Waals surface area contributed by atoms with Crippen molar-refractivity contribution >= 4 is 16.1 Å². The third-order valence-electron chi connectivity index (χ3n) is 4.06. The van der Waals surface area contributed by atoms with Crippen LogP contribution in [0.15, 0.2) is 66.7 Å². The highest BCUT2D eigenvalue weighted by Gasteiger charge is 2.49. The highest BCUT2D eigenvalue weighted by Crippen LogP contribution is 2.38. The van der Waals surface area contributed by atoms with Crippen LogP contribution in [0.3, 0.4) is 0 Å². The van der Waals surface area contributed by atoms with Crippen LogP contribution < -0.4 is 4.18 Å². The number of aromatic carboxylic acids is 1. The molecule has 0 aliphatic rings. The summed E-state index contributed by atoms with van der Waals surface area (Å²) in [6.07, 6.45) is 0. The molecule has 5 nitrogen and oxygen atoms in total. The molecule has 3 aromatic rings. The summed E-state index contributed by atoms with van der Waals surface area (Å²) in [4.78, 5) is 11.8. The number of carbonyl (C=O) groups is 1. The van der Waals surface area contributed by atoms with Crippen LogP contribution in [0.2, 0.25) is 0 Å². The van der Waals surface area contributed by atoms with E-state index in [1.54, 1.807) is 30.3 Å². The van der Waals surface area contributed by atoms with Crippen LogP contribution in [0.1, 0.15) is 10.4 Å². The topological polar surface area (TPSA) is 80.7 Å². The van der Waals surface area contributed by atoms with E-state index >= 15 is 0 Å². The lowest BCUT2D eigenvalue weighted by Gasteiger charge is -2.16. The molecule has 0 radical (unpaired) electrons. The van der Waals surface area contributed by atoms with Gasteiger partial charge in [0, 0.05) is 5.56 Å². The van der Waals surface area contributed by atoms with Crippen molar-refractivity contribution in [2.45, 2.75) is 5.51 Å². The van der Waals surface area contributed by atoms with Gasteiger partial charge in [0.05, 0.1) is 0 Å². The third-order valence-corrected chi connectivity index (χ3v) is 5.03. The molecule has 0 aromatic heterocycles. The second-order valence-corrected chi connectivity index (χ2v) is 7.60. The van der Waals surface area contributed by atoms with E-state index in [9.17, 15) is 35.9 Å². The van der Waals surface area contributed by atoms with Gasteiger partial charge in [-0.15, -0.1) is 0 Å². The molecular formula is C20H12F4O5S. The molecular weight excluding hydrogens is 428 g/mol. The fraction of sp³-hybridized carbons (Fsp3) is 0.0500. The van der Waals surface area contributed by atoms with Crippen LogP contribution in [0, 0.1) is 5.82 Å². The Balaban J connectivity index is 2.32. The maximum absolute atomic E-state index is 13.3. The second kappa shape index (κ2) is 7.79. The molecule has 0 saturated heterocycles. The van der Waals surface area contributed by atoms with Crippen LogP contribution in [-0.4, -0.2) is 25.0 Å². The summed E-state index contributed by atoms with van der Waals surface area (Å²) in [6.45, 7) is 0. The molecule has 0 bridgehead atoms. The summed E-state index contributed by atoms with van der Waals surface area (Å²) in [6, 6.07) is 14.9. The Hall–Kier alpha value is -3.40. The SMILES string of the molecule is O=C(O)c1c(OS(=O)(=O)C(F)(F)F)cc(-c2ccccc2)cc1-c1ccc(F)cc1. The van der Waals surface area contributed by atoms with Gasteiger partial charge in [-0.2, -0.15) is 21.6 Å². The predicted molar refractivity (Wildman–Crippen MR) is 99.8 cm³/mol. The zero-order valence-electron chi connectivity index (χ0n) is 14.9. The van der Waals surface area contributed by atoms with E-state index in [2.05, 4.69) is 4.18 Å². The van der Waals surface area contributed by atoms with E-state index in [1.807, 2.05) is 0 Å². The molecule has 10 heteroatoms. The molecule has 0 unspecified atom stereocenters. The lowest BCUT2D eigenvalue weighted by Crippen LogP contribution is -2.28. The molecule has 0 saturated carbocycles. The van der Waals surface area contributed by atoms with Gasteiger partial charge < -0.3 is 9.29 Å². The minimum Gasteiger partial charge on any atom is -0.478 e. The van der Waals surface area contributed by atoms with Gasteiger partial charge in [-0.1, -0.05) is 42.5 Å². The molecule has 0 aliphatic carbocycles. The summed E-state index contributed by atoms with van der Waals surface area (Å²) >= 11 is 0. The summed E-state index contributed by atoms with van der Waals surface area (Å²) in [5.41, 5.74) is -5.91. The molecule has 0 amide bonds. The van der Waals surface area contributed by atoms with Gasteiger partial charge in [-0.25, -0.2) is 9.18 Å². The van der Waals surface area contributed by atoms with Crippen molar-refractivity contribution in [3.05, 3.63) is 78.1 Å². The maximum atomic E-state index is 13.3. The van der Waals surface area contributed by atoms with Crippen LogP contribution in [0.4, 0.5) is 17.6 Å². The quantitative estimate of drug-likeness (QED) is 0.340. The lowest BCUT2D eigenvalue weighted by molar-refractivity contribution is -0.0500. The highest BCUT2D eigenvalue weighted by molar-refractivity contribution is 7.88. The van der Waals surface area contributed by atoms with Crippen molar-refractivity contribution in [3.8, 4) is 28.0 Å². The molecule has 1 N–H and O–H groups in total. The summed E-state index contributed by atoms with van der Waals surface area (Å²) in [5.74, 6) is -3.35. The lowest BCUT2D eigenvalue weighted by atomic mass is 9.93. The van der Waals surface area contributed by atoms with Crippen molar-refractivity contribution in [1.82, 2.24) is 0 Å². The van der Waals surface area contributed by atoms with E-state index in [0.717, 1.165) is 18.2 Å². The van der Waals surface area contributed by atoms with E-state index in [4.69, 9.17) is 0 Å². The molecule has 30 heavy (non-hydrogen) atoms. The largest absolute Gasteiger partial charge is 0.534 e. The summed E-state index contributed by atoms with van der Waals surface area (Å²) < 4.78 is 79.1. The van der Waals surface area contributed by atoms with Gasteiger partial charge in [-0.05, 0) is 41.0 Å². The molecule has 0 heterocycles. The van der Waals surface area contributed by atoms with E-state index in [-0.39, 0.29) is 16.7 Å². The summed E-state index contributed by atoms with van der Waals surface area (Å²) in [5, 5.41) is 9.59. The van der Waals surface area contributed by atoms with Crippen LogP contribution >= 0.6 is 0 Å². The molecule has 0 fully saturated rings. The first-order valence-electron chi connectivity index (χ1n) is 8.23. The predicted octanol–water partition coefficient (Wildman–Crippen LogP) is 5.09. The van der Waals surface area contributed by atoms with E-state index in [0.29, 0.717) is 5.56 Å². The van der Waals surface area contributed by atoms with Crippen molar-refractivity contribution in [3.63, 3.8) is 0 Å². The minimum atomic E-state index is -6.13. The molecule has 3 aromatic carbocycles. The van der Waals surface area contributed by atoms with Gasteiger partial charge in [0.1, 0.15) is 11.4 Å². The fourth-order valence-corrected chi connectivity index (χ4v) is 3.18. The molecule has 3 rings (SSSR count). The Morgan fingerprint density at radius 3 is 2.00 bits per heavy atom. The van der Waals surface area contributed by atoms with E-state index in [1.165, 1.54) is 18.2 Å². The Labute approximate surface area is 168 Å². The third kappa shape index (κ3) is 4.28. The number of carboxylic acid groups (broad SMARTS) is 1. The number of hydrogen-bond acceptors (Lipinski definition) is 4. The monoisotopic (exact) mass is 440 g/mol. The molecule has 0 spiro atoms. The standard InChI is InChI=1S/C20H12F4O5S/c21-15-8-6-13(7-9-15)16-10-14(12-4-2-1-3-5-12)11-17(18(16)19(25)26)29-30(27,28)20(22,23)24/h1-11H,(H,25,26). The Kier molecular flexibility index (Phi) is 5.53. The van der Waals surface area contributed by atoms with E-state index < -0.39 is 38.7 Å². The number of rotatable bonds is 5. The zero-order chi connectivity index (χ0) is 22.1. The summed E-state index contributed by atoms with van der Waals surface area (Å²) in [7, 11) is -6.13. The number of halogens is 4. The normalized spacial score (nSPS) is 11.9. The van der Waals surface area contributed by atoms with Gasteiger partial charge in [-0.3, -0.25) is 0 Å². The Morgan fingerprint density at radius 2 is 1.47 bits per heavy atom. The Bertz CT molecular complexity index is 1190. The molecule has 0 atom stereocenters. The fourth-order valence-electron chi connectivity index (χ4n) is 2.72. The maximum Gasteiger partial charge on any atom is 0.534 e. The second-order valence-electron chi connectivity index (χ2n) is 6.06. The van der Waals surface area contributed by atoms with Gasteiger partial charge in [0.25, 0.3) is 0 Å². The van der Waals surface area contributed by atoms with Crippen molar-refractivity contribution in [2.24, 2.45) is 0 Å². The first kappa shape index (κ1) is 21.3. The average molecular weight is 440 g/mol. The zero-order valence-corrected chi connectivity index (χ0v) is 15.7. The average Bonchev–Trinajstić information content (AvgIpc) is 2.67.